The number of carbonyl (C=O) groups is 1. The van der Waals surface area contributed by atoms with E-state index in [0.29, 0.717) is 34.1 Å². The maximum atomic E-state index is 14.9. The summed E-state index contributed by atoms with van der Waals surface area (Å²) in [6, 6.07) is 4.37. The third-order valence-corrected chi connectivity index (χ3v) is 4.35. The molecule has 4 nitrogen and oxygen atoms in total. The highest BCUT2D eigenvalue weighted by Gasteiger charge is 2.22. The van der Waals surface area contributed by atoms with Gasteiger partial charge in [-0.3, -0.25) is 9.97 Å². The van der Waals surface area contributed by atoms with Gasteiger partial charge in [-0.25, -0.2) is 13.6 Å². The summed E-state index contributed by atoms with van der Waals surface area (Å²) in [5, 5.41) is 9.64. The van der Waals surface area contributed by atoms with Crippen molar-refractivity contribution in [3.8, 4) is 11.1 Å². The molecule has 1 aromatic carbocycles. The molecule has 25 heavy (non-hydrogen) atoms. The number of hydrogen-bond donors (Lipinski definition) is 1. The summed E-state index contributed by atoms with van der Waals surface area (Å²) in [6.45, 7) is 5.20. The van der Waals surface area contributed by atoms with E-state index in [1.807, 2.05) is 0 Å². The Balaban J connectivity index is 2.49. The molecule has 2 heterocycles. The molecule has 0 bridgehead atoms. The molecule has 1 N–H and O–H groups in total. The number of carboxylic acids is 1. The van der Waals surface area contributed by atoms with E-state index >= 15 is 0 Å². The van der Waals surface area contributed by atoms with Gasteiger partial charge in [-0.1, -0.05) is 6.92 Å². The lowest BCUT2D eigenvalue weighted by atomic mass is 9.93. The van der Waals surface area contributed by atoms with Crippen molar-refractivity contribution >= 4 is 16.9 Å². The highest BCUT2D eigenvalue weighted by Crippen LogP contribution is 2.36. The third kappa shape index (κ3) is 2.73. The Morgan fingerprint density at radius 2 is 1.92 bits per heavy atom. The second kappa shape index (κ2) is 6.20. The number of hydrogen-bond acceptors (Lipinski definition) is 3. The van der Waals surface area contributed by atoms with E-state index in [-0.39, 0.29) is 16.8 Å². The van der Waals surface area contributed by atoms with E-state index in [2.05, 4.69) is 9.97 Å². The second-order valence-corrected chi connectivity index (χ2v) is 5.83. The lowest BCUT2D eigenvalue weighted by Gasteiger charge is -2.15. The van der Waals surface area contributed by atoms with Crippen molar-refractivity contribution < 1.29 is 18.7 Å². The zero-order valence-electron chi connectivity index (χ0n) is 14.0. The number of benzene rings is 1. The molecule has 0 aliphatic heterocycles. The number of fused-ring (bicyclic) bond motifs is 1. The van der Waals surface area contributed by atoms with E-state index in [1.54, 1.807) is 26.8 Å². The maximum Gasteiger partial charge on any atom is 0.335 e. The number of nitrogens with zero attached hydrogens (tertiary/aromatic N) is 2. The van der Waals surface area contributed by atoms with E-state index in [1.165, 1.54) is 12.1 Å². The predicted molar refractivity (Wildman–Crippen MR) is 90.7 cm³/mol. The molecule has 3 rings (SSSR count). The van der Waals surface area contributed by atoms with Crippen LogP contribution in [0.3, 0.4) is 0 Å². The minimum Gasteiger partial charge on any atom is -0.478 e. The number of pyridine rings is 2. The molecular weight excluding hydrogens is 326 g/mol. The monoisotopic (exact) mass is 342 g/mol. The van der Waals surface area contributed by atoms with Crippen LogP contribution in [0.15, 0.2) is 24.4 Å². The average Bonchev–Trinajstić information content (AvgIpc) is 2.57. The smallest absolute Gasteiger partial charge is 0.335 e. The normalized spacial score (nSPS) is 11.1. The molecule has 0 saturated carbocycles. The topological polar surface area (TPSA) is 63.1 Å². The summed E-state index contributed by atoms with van der Waals surface area (Å²) in [5.41, 5.74) is 2.02. The van der Waals surface area contributed by atoms with Gasteiger partial charge in [0.1, 0.15) is 0 Å². The first kappa shape index (κ1) is 17.0. The maximum absolute atomic E-state index is 14.9. The molecule has 0 fully saturated rings. The number of aromatic carboxylic acids is 1. The molecule has 6 heteroatoms. The molecule has 0 amide bonds. The number of aromatic nitrogens is 2. The van der Waals surface area contributed by atoms with Crippen LogP contribution in [-0.4, -0.2) is 21.0 Å². The Hall–Kier alpha value is -2.89. The van der Waals surface area contributed by atoms with E-state index in [4.69, 9.17) is 0 Å². The Labute approximate surface area is 143 Å². The van der Waals surface area contributed by atoms with Crippen molar-refractivity contribution in [1.29, 1.82) is 0 Å². The number of carboxylic acid groups (broad SMARTS) is 1. The van der Waals surface area contributed by atoms with Gasteiger partial charge in [0.2, 0.25) is 0 Å². The van der Waals surface area contributed by atoms with Crippen LogP contribution in [-0.2, 0) is 6.42 Å². The Bertz CT molecular complexity index is 1020. The van der Waals surface area contributed by atoms with Crippen LogP contribution >= 0.6 is 0 Å². The van der Waals surface area contributed by atoms with Crippen molar-refractivity contribution in [2.45, 2.75) is 27.2 Å². The van der Waals surface area contributed by atoms with Crippen LogP contribution in [0, 0.1) is 25.5 Å². The number of aryl methyl sites for hydroxylation is 2. The fourth-order valence-electron chi connectivity index (χ4n) is 2.92. The van der Waals surface area contributed by atoms with Crippen molar-refractivity contribution in [2.24, 2.45) is 0 Å². The molecule has 0 aliphatic rings. The highest BCUT2D eigenvalue weighted by atomic mass is 19.1. The summed E-state index contributed by atoms with van der Waals surface area (Å²) >= 11 is 0. The molecule has 128 valence electrons. The van der Waals surface area contributed by atoms with Gasteiger partial charge in [0.25, 0.3) is 0 Å². The first-order valence-electron chi connectivity index (χ1n) is 7.82. The highest BCUT2D eigenvalue weighted by molar-refractivity contribution is 6.01. The molecule has 0 unspecified atom stereocenters. The summed E-state index contributed by atoms with van der Waals surface area (Å²) in [6.07, 6.45) is 1.32. The van der Waals surface area contributed by atoms with Crippen molar-refractivity contribution in [2.75, 3.05) is 0 Å². The van der Waals surface area contributed by atoms with Crippen LogP contribution in [0.2, 0.25) is 0 Å². The minimum absolute atomic E-state index is 0.0318. The van der Waals surface area contributed by atoms with Crippen LogP contribution in [0.5, 0.6) is 0 Å². The molecule has 0 spiro atoms. The lowest BCUT2D eigenvalue weighted by molar-refractivity contribution is 0.0697. The van der Waals surface area contributed by atoms with E-state index in [9.17, 15) is 18.7 Å². The summed E-state index contributed by atoms with van der Waals surface area (Å²) < 4.78 is 29.4. The Morgan fingerprint density at radius 3 is 2.56 bits per heavy atom. The first-order valence-corrected chi connectivity index (χ1v) is 7.82. The SMILES string of the molecule is CCc1ncc(F)c(-c2c(C)c(C)nc3ccc(C(=O)O)cc23)c1F. The molecule has 0 radical (unpaired) electrons. The molecular formula is C19H16F2N2O2. The average molecular weight is 342 g/mol. The van der Waals surface area contributed by atoms with Gasteiger partial charge in [-0.05, 0) is 44.0 Å². The summed E-state index contributed by atoms with van der Waals surface area (Å²) in [7, 11) is 0. The van der Waals surface area contributed by atoms with Gasteiger partial charge in [-0.15, -0.1) is 0 Å². The fourth-order valence-corrected chi connectivity index (χ4v) is 2.92. The van der Waals surface area contributed by atoms with Crippen LogP contribution in [0.4, 0.5) is 8.78 Å². The van der Waals surface area contributed by atoms with Crippen LogP contribution < -0.4 is 0 Å². The van der Waals surface area contributed by atoms with Crippen molar-refractivity contribution in [1.82, 2.24) is 9.97 Å². The second-order valence-electron chi connectivity index (χ2n) is 5.83. The standard InChI is InChI=1S/C19H16F2N2O2/c1-4-14-18(21)17(13(20)8-22-14)16-9(2)10(3)23-15-6-5-11(19(24)25)7-12(15)16/h5-8H,4H2,1-3H3,(H,24,25). The van der Waals surface area contributed by atoms with Gasteiger partial charge >= 0.3 is 5.97 Å². The van der Waals surface area contributed by atoms with Crippen LogP contribution in [0.25, 0.3) is 22.0 Å². The van der Waals surface area contributed by atoms with Crippen molar-refractivity contribution in [3.05, 3.63) is 58.5 Å². The summed E-state index contributed by atoms with van der Waals surface area (Å²) in [4.78, 5) is 19.5. The number of rotatable bonds is 3. The molecule has 0 atom stereocenters. The summed E-state index contributed by atoms with van der Waals surface area (Å²) in [5.74, 6) is -2.63. The Kier molecular flexibility index (Phi) is 4.20. The zero-order chi connectivity index (χ0) is 18.3. The van der Waals surface area contributed by atoms with Crippen LogP contribution in [0.1, 0.15) is 34.2 Å². The molecule has 2 aromatic heterocycles. The molecule has 0 aliphatic carbocycles. The van der Waals surface area contributed by atoms with Gasteiger partial charge in [0, 0.05) is 16.6 Å². The number of halogens is 2. The third-order valence-electron chi connectivity index (χ3n) is 4.35. The zero-order valence-corrected chi connectivity index (χ0v) is 14.0. The van der Waals surface area contributed by atoms with Gasteiger partial charge < -0.3 is 5.11 Å². The molecule has 0 saturated heterocycles. The fraction of sp³-hybridized carbons (Fsp3) is 0.211. The lowest BCUT2D eigenvalue weighted by Crippen LogP contribution is -2.04. The molecule has 3 aromatic rings. The first-order chi connectivity index (χ1) is 11.8. The van der Waals surface area contributed by atoms with Gasteiger partial charge in [-0.2, -0.15) is 0 Å². The predicted octanol–water partition coefficient (Wildman–Crippen LogP) is 4.45. The van der Waals surface area contributed by atoms with Crippen molar-refractivity contribution in [3.63, 3.8) is 0 Å². The van der Waals surface area contributed by atoms with Gasteiger partial charge in [0.05, 0.1) is 28.5 Å². The minimum atomic E-state index is -1.11. The largest absolute Gasteiger partial charge is 0.478 e. The van der Waals surface area contributed by atoms with E-state index < -0.39 is 17.6 Å². The van der Waals surface area contributed by atoms with Gasteiger partial charge in [0.15, 0.2) is 11.6 Å². The Morgan fingerprint density at radius 1 is 1.20 bits per heavy atom. The quantitative estimate of drug-likeness (QED) is 0.764. The van der Waals surface area contributed by atoms with E-state index in [0.717, 1.165) is 6.20 Å².